The quantitative estimate of drug-likeness (QED) is 0.164. The summed E-state index contributed by atoms with van der Waals surface area (Å²) in [7, 11) is 0. The lowest BCUT2D eigenvalue weighted by Crippen LogP contribution is -2.14. The molecule has 0 spiro atoms. The first-order valence-corrected chi connectivity index (χ1v) is 19.0. The van der Waals surface area contributed by atoms with Crippen LogP contribution in [0.2, 0.25) is 0 Å². The van der Waals surface area contributed by atoms with Crippen LogP contribution in [0.1, 0.15) is 0 Å². The average molecular weight is 718 g/mol. The van der Waals surface area contributed by atoms with Gasteiger partial charge in [-0.15, -0.1) is 0 Å². The standard InChI is InChI=1S/C52H35N3O/c1-4-19-38(20-5-1)53(39-21-6-2-7-22-39)47-34-42(54(40-23-8-3-9-24-40)46-28-16-30-50-52(46)44-26-13-15-29-49(44)56-50)35-48-51(47)43-25-12-14-27-45(43)55(48)41-32-31-36-17-10-11-18-37(36)33-41/h1-35H. The minimum Gasteiger partial charge on any atom is -0.456 e. The SMILES string of the molecule is c1ccc(N(c2cc(N(c3ccccc3)c3ccccc3)c3c4ccccc4n(-c4ccc5ccccc5c4)c3c2)c2cccc3oc4ccccc4c23)cc1. The summed E-state index contributed by atoms with van der Waals surface area (Å²) in [5, 5.41) is 6.93. The third-order valence-corrected chi connectivity index (χ3v) is 10.9. The Labute approximate surface area is 324 Å². The van der Waals surface area contributed by atoms with E-state index in [0.29, 0.717) is 0 Å². The van der Waals surface area contributed by atoms with Crippen LogP contribution in [0.5, 0.6) is 0 Å². The van der Waals surface area contributed by atoms with Crippen molar-refractivity contribution in [1.29, 1.82) is 0 Å². The second kappa shape index (κ2) is 13.1. The molecule has 0 radical (unpaired) electrons. The van der Waals surface area contributed by atoms with Crippen molar-refractivity contribution in [3.05, 3.63) is 212 Å². The van der Waals surface area contributed by atoms with Crippen LogP contribution in [0, 0.1) is 0 Å². The molecule has 0 atom stereocenters. The predicted octanol–water partition coefficient (Wildman–Crippen LogP) is 14.8. The van der Waals surface area contributed by atoms with Gasteiger partial charge in [0, 0.05) is 38.9 Å². The molecule has 4 heteroatoms. The van der Waals surface area contributed by atoms with Gasteiger partial charge >= 0.3 is 0 Å². The van der Waals surface area contributed by atoms with Crippen LogP contribution in [0.4, 0.5) is 34.1 Å². The first kappa shape index (κ1) is 31.9. The molecule has 0 aliphatic carbocycles. The zero-order valence-corrected chi connectivity index (χ0v) is 30.5. The summed E-state index contributed by atoms with van der Waals surface area (Å²) in [6, 6.07) is 75.7. The lowest BCUT2D eigenvalue weighted by Gasteiger charge is -2.30. The van der Waals surface area contributed by atoms with Gasteiger partial charge in [0.15, 0.2) is 0 Å². The van der Waals surface area contributed by atoms with Crippen LogP contribution in [0.15, 0.2) is 217 Å². The maximum Gasteiger partial charge on any atom is 0.137 e. The molecule has 56 heavy (non-hydrogen) atoms. The van der Waals surface area contributed by atoms with Gasteiger partial charge in [-0.05, 0) is 95.7 Å². The fraction of sp³-hybridized carbons (Fsp3) is 0. The smallest absolute Gasteiger partial charge is 0.137 e. The Balaban J connectivity index is 1.30. The van der Waals surface area contributed by atoms with E-state index in [0.717, 1.165) is 72.8 Å². The first-order chi connectivity index (χ1) is 27.8. The van der Waals surface area contributed by atoms with Crippen molar-refractivity contribution >= 4 is 88.6 Å². The second-order valence-electron chi connectivity index (χ2n) is 14.2. The Bertz CT molecular complexity index is 3160. The van der Waals surface area contributed by atoms with Gasteiger partial charge in [0.05, 0.1) is 33.5 Å². The molecule has 0 N–H and O–H groups in total. The molecule has 11 rings (SSSR count). The van der Waals surface area contributed by atoms with Crippen molar-refractivity contribution in [2.75, 3.05) is 9.80 Å². The van der Waals surface area contributed by atoms with Gasteiger partial charge in [-0.25, -0.2) is 0 Å². The Morgan fingerprint density at radius 3 is 1.62 bits per heavy atom. The van der Waals surface area contributed by atoms with E-state index in [4.69, 9.17) is 4.42 Å². The Morgan fingerprint density at radius 2 is 0.911 bits per heavy atom. The summed E-state index contributed by atoms with van der Waals surface area (Å²) in [5.74, 6) is 0. The topological polar surface area (TPSA) is 24.6 Å². The monoisotopic (exact) mass is 717 g/mol. The van der Waals surface area contributed by atoms with Crippen molar-refractivity contribution in [2.45, 2.75) is 0 Å². The molecule has 0 amide bonds. The average Bonchev–Trinajstić information content (AvgIpc) is 3.81. The Morgan fingerprint density at radius 1 is 0.339 bits per heavy atom. The van der Waals surface area contributed by atoms with E-state index in [9.17, 15) is 0 Å². The van der Waals surface area contributed by atoms with Crippen molar-refractivity contribution in [3.63, 3.8) is 0 Å². The van der Waals surface area contributed by atoms with Crippen molar-refractivity contribution < 1.29 is 4.42 Å². The number of anilines is 6. The van der Waals surface area contributed by atoms with E-state index < -0.39 is 0 Å². The van der Waals surface area contributed by atoms with E-state index in [1.165, 1.54) is 21.5 Å². The lowest BCUT2D eigenvalue weighted by atomic mass is 10.0. The molecule has 2 aromatic heterocycles. The molecule has 0 aliphatic rings. The maximum absolute atomic E-state index is 6.48. The van der Waals surface area contributed by atoms with Crippen LogP contribution in [-0.2, 0) is 0 Å². The molecule has 2 heterocycles. The van der Waals surface area contributed by atoms with Crippen LogP contribution in [0.25, 0.3) is 60.2 Å². The summed E-state index contributed by atoms with van der Waals surface area (Å²) in [6.45, 7) is 0. The van der Waals surface area contributed by atoms with Crippen LogP contribution >= 0.6 is 0 Å². The Hall–Kier alpha value is -7.56. The van der Waals surface area contributed by atoms with Crippen LogP contribution < -0.4 is 9.80 Å². The summed E-state index contributed by atoms with van der Waals surface area (Å²) in [4.78, 5) is 4.80. The number of furan rings is 1. The van der Waals surface area contributed by atoms with Crippen molar-refractivity contribution in [2.24, 2.45) is 0 Å². The number of para-hydroxylation sites is 5. The highest BCUT2D eigenvalue weighted by atomic mass is 16.3. The Kier molecular flexibility index (Phi) is 7.46. The molecule has 4 nitrogen and oxygen atoms in total. The predicted molar refractivity (Wildman–Crippen MR) is 235 cm³/mol. The minimum atomic E-state index is 0.853. The number of benzene rings is 9. The van der Waals surface area contributed by atoms with E-state index in [1.54, 1.807) is 0 Å². The number of hydrogen-bond donors (Lipinski definition) is 0. The largest absolute Gasteiger partial charge is 0.456 e. The second-order valence-corrected chi connectivity index (χ2v) is 14.2. The van der Waals surface area contributed by atoms with Gasteiger partial charge in [0.2, 0.25) is 0 Å². The maximum atomic E-state index is 6.48. The number of fused-ring (bicyclic) bond motifs is 7. The van der Waals surface area contributed by atoms with Crippen molar-refractivity contribution in [1.82, 2.24) is 4.57 Å². The van der Waals surface area contributed by atoms with Gasteiger partial charge < -0.3 is 18.8 Å². The summed E-state index contributed by atoms with van der Waals surface area (Å²) in [5.41, 5.74) is 11.4. The van der Waals surface area contributed by atoms with E-state index in [1.807, 2.05) is 6.07 Å². The normalized spacial score (nSPS) is 11.6. The highest BCUT2D eigenvalue weighted by Gasteiger charge is 2.26. The zero-order valence-electron chi connectivity index (χ0n) is 30.5. The number of rotatable bonds is 7. The lowest BCUT2D eigenvalue weighted by molar-refractivity contribution is 0.669. The van der Waals surface area contributed by atoms with E-state index in [-0.39, 0.29) is 0 Å². The van der Waals surface area contributed by atoms with Crippen LogP contribution in [0.3, 0.4) is 0 Å². The number of nitrogens with zero attached hydrogens (tertiary/aromatic N) is 3. The van der Waals surface area contributed by atoms with Gasteiger partial charge in [-0.2, -0.15) is 0 Å². The molecule has 0 saturated carbocycles. The van der Waals surface area contributed by atoms with Gasteiger partial charge in [-0.1, -0.05) is 127 Å². The zero-order chi connectivity index (χ0) is 37.0. The summed E-state index contributed by atoms with van der Waals surface area (Å²) < 4.78 is 8.92. The van der Waals surface area contributed by atoms with Gasteiger partial charge in [0.25, 0.3) is 0 Å². The highest BCUT2D eigenvalue weighted by molar-refractivity contribution is 6.19. The fourth-order valence-electron chi connectivity index (χ4n) is 8.49. The van der Waals surface area contributed by atoms with E-state index in [2.05, 4.69) is 221 Å². The molecular formula is C52H35N3O. The van der Waals surface area contributed by atoms with E-state index >= 15 is 0 Å². The summed E-state index contributed by atoms with van der Waals surface area (Å²) in [6.07, 6.45) is 0. The minimum absolute atomic E-state index is 0.853. The molecule has 0 fully saturated rings. The van der Waals surface area contributed by atoms with Gasteiger partial charge in [0.1, 0.15) is 11.2 Å². The molecule has 0 aliphatic heterocycles. The number of aromatic nitrogens is 1. The van der Waals surface area contributed by atoms with Gasteiger partial charge in [-0.3, -0.25) is 0 Å². The number of hydrogen-bond acceptors (Lipinski definition) is 3. The molecule has 0 bridgehead atoms. The summed E-state index contributed by atoms with van der Waals surface area (Å²) >= 11 is 0. The molecular weight excluding hydrogens is 683 g/mol. The molecule has 11 aromatic rings. The fourth-order valence-corrected chi connectivity index (χ4v) is 8.49. The molecule has 9 aromatic carbocycles. The molecule has 264 valence electrons. The third kappa shape index (κ3) is 5.15. The van der Waals surface area contributed by atoms with Crippen molar-refractivity contribution in [3.8, 4) is 5.69 Å². The molecule has 0 saturated heterocycles. The molecule has 0 unspecified atom stereocenters. The third-order valence-electron chi connectivity index (χ3n) is 10.9. The first-order valence-electron chi connectivity index (χ1n) is 19.0. The highest BCUT2D eigenvalue weighted by Crippen LogP contribution is 2.49. The van der Waals surface area contributed by atoms with Crippen LogP contribution in [-0.4, -0.2) is 4.57 Å².